The van der Waals surface area contributed by atoms with Crippen LogP contribution >= 0.6 is 0 Å². The van der Waals surface area contributed by atoms with E-state index >= 15 is 0 Å². The molecule has 0 spiro atoms. The molecule has 0 saturated heterocycles. The van der Waals surface area contributed by atoms with Crippen molar-refractivity contribution < 1.29 is 38.0 Å². The molecule has 0 aliphatic rings. The summed E-state index contributed by atoms with van der Waals surface area (Å²) in [5.41, 5.74) is 1.89. The molecule has 0 aromatic heterocycles. The van der Waals surface area contributed by atoms with E-state index in [1.165, 1.54) is 102 Å². The highest BCUT2D eigenvalue weighted by Gasteiger charge is 2.06. The molecule has 0 unspecified atom stereocenters. The fourth-order valence-corrected chi connectivity index (χ4v) is 6.04. The minimum Gasteiger partial charge on any atom is -0.494 e. The molecule has 8 nitrogen and oxygen atoms in total. The van der Waals surface area contributed by atoms with Crippen LogP contribution in [0.15, 0.2) is 60.7 Å². The summed E-state index contributed by atoms with van der Waals surface area (Å²) >= 11 is 0. The topological polar surface area (TPSA) is 89.5 Å². The molecule has 0 aliphatic carbocycles. The number of hydrogen-bond donors (Lipinski definition) is 0. The van der Waals surface area contributed by atoms with Crippen LogP contribution in [0, 0.1) is 0 Å². The zero-order valence-electron chi connectivity index (χ0n) is 34.4. The Hall–Kier alpha value is -3.62. The third-order valence-corrected chi connectivity index (χ3v) is 9.21. The molecular formula is C47H72O8. The Kier molecular flexibility index (Phi) is 29.1. The lowest BCUT2D eigenvalue weighted by Crippen LogP contribution is -2.17. The van der Waals surface area contributed by atoms with Crippen LogP contribution < -0.4 is 9.47 Å². The predicted octanol–water partition coefficient (Wildman–Crippen LogP) is 12.1. The summed E-state index contributed by atoms with van der Waals surface area (Å²) in [5, 5.41) is 0. The average Bonchev–Trinajstić information content (AvgIpc) is 3.20. The van der Waals surface area contributed by atoms with Gasteiger partial charge >= 0.3 is 11.9 Å². The molecule has 0 aliphatic heterocycles. The van der Waals surface area contributed by atoms with Gasteiger partial charge in [-0.05, 0) is 93.5 Å². The van der Waals surface area contributed by atoms with Crippen molar-refractivity contribution >= 4 is 24.1 Å². The molecule has 0 heterocycles. The lowest BCUT2D eigenvalue weighted by molar-refractivity contribution is -0.144. The molecule has 0 bridgehead atoms. The van der Waals surface area contributed by atoms with Crippen LogP contribution in [0.4, 0.5) is 0 Å². The van der Waals surface area contributed by atoms with E-state index < -0.39 is 0 Å². The molecule has 8 heteroatoms. The summed E-state index contributed by atoms with van der Waals surface area (Å²) in [5.74, 6) is 1.08. The number of unbranched alkanes of at least 4 members (excludes halogenated alkanes) is 16. The highest BCUT2D eigenvalue weighted by atomic mass is 16.7. The minimum absolute atomic E-state index is 0.0633. The van der Waals surface area contributed by atoms with Gasteiger partial charge in [0.1, 0.15) is 11.5 Å². The second kappa shape index (κ2) is 33.7. The molecule has 0 amide bonds. The SMILES string of the molecule is CCOC(=O)C=Cc1ccc(OCCCCCCCCCCCOC(CC)OCCCCCCCCCCCOc2ccc(C=CC(=O)OCC)cc2)cc1. The number of carbonyl (C=O) groups is 2. The predicted molar refractivity (Wildman–Crippen MR) is 224 cm³/mol. The van der Waals surface area contributed by atoms with Crippen molar-refractivity contribution in [2.24, 2.45) is 0 Å². The fourth-order valence-electron chi connectivity index (χ4n) is 6.04. The molecule has 0 fully saturated rings. The van der Waals surface area contributed by atoms with Crippen LogP contribution in [-0.4, -0.2) is 57.9 Å². The van der Waals surface area contributed by atoms with E-state index in [0.717, 1.165) is 81.2 Å². The van der Waals surface area contributed by atoms with Gasteiger partial charge < -0.3 is 28.4 Å². The number of hydrogen-bond acceptors (Lipinski definition) is 8. The molecule has 2 aromatic carbocycles. The van der Waals surface area contributed by atoms with E-state index in [-0.39, 0.29) is 18.2 Å². The molecule has 308 valence electrons. The van der Waals surface area contributed by atoms with Crippen LogP contribution in [0.1, 0.15) is 154 Å². The first-order chi connectivity index (χ1) is 27.0. The van der Waals surface area contributed by atoms with Gasteiger partial charge in [-0.15, -0.1) is 0 Å². The number of benzene rings is 2. The fraction of sp³-hybridized carbons (Fsp3) is 0.617. The summed E-state index contributed by atoms with van der Waals surface area (Å²) in [4.78, 5) is 22.9. The Morgan fingerprint density at radius 3 is 1.07 bits per heavy atom. The molecular weight excluding hydrogens is 693 g/mol. The smallest absolute Gasteiger partial charge is 0.330 e. The summed E-state index contributed by atoms with van der Waals surface area (Å²) in [7, 11) is 0. The minimum atomic E-state index is -0.323. The Morgan fingerprint density at radius 2 is 0.764 bits per heavy atom. The van der Waals surface area contributed by atoms with E-state index in [0.29, 0.717) is 13.2 Å². The van der Waals surface area contributed by atoms with Gasteiger partial charge in [-0.3, -0.25) is 0 Å². The zero-order valence-corrected chi connectivity index (χ0v) is 34.4. The second-order valence-corrected chi connectivity index (χ2v) is 13.9. The lowest BCUT2D eigenvalue weighted by Gasteiger charge is -2.17. The van der Waals surface area contributed by atoms with Crippen LogP contribution in [0.2, 0.25) is 0 Å². The normalized spacial score (nSPS) is 12.0. The Labute approximate surface area is 333 Å². The number of rotatable bonds is 35. The van der Waals surface area contributed by atoms with E-state index in [1.54, 1.807) is 26.0 Å². The first-order valence-electron chi connectivity index (χ1n) is 21.4. The first kappa shape index (κ1) is 47.5. The largest absolute Gasteiger partial charge is 0.494 e. The average molecular weight is 765 g/mol. The van der Waals surface area contributed by atoms with Crippen molar-refractivity contribution in [2.75, 3.05) is 39.6 Å². The maximum absolute atomic E-state index is 11.4. The van der Waals surface area contributed by atoms with E-state index in [1.807, 2.05) is 48.5 Å². The van der Waals surface area contributed by atoms with Crippen molar-refractivity contribution in [1.29, 1.82) is 0 Å². The van der Waals surface area contributed by atoms with Gasteiger partial charge in [-0.25, -0.2) is 9.59 Å². The van der Waals surface area contributed by atoms with Gasteiger partial charge in [-0.2, -0.15) is 0 Å². The lowest BCUT2D eigenvalue weighted by atomic mass is 10.1. The van der Waals surface area contributed by atoms with Crippen molar-refractivity contribution in [1.82, 2.24) is 0 Å². The van der Waals surface area contributed by atoms with E-state index in [9.17, 15) is 9.59 Å². The van der Waals surface area contributed by atoms with Gasteiger partial charge in [0.2, 0.25) is 0 Å². The van der Waals surface area contributed by atoms with Gasteiger partial charge in [0.15, 0.2) is 6.29 Å². The molecule has 0 saturated carbocycles. The molecule has 0 N–H and O–H groups in total. The number of ether oxygens (including phenoxy) is 6. The van der Waals surface area contributed by atoms with Crippen molar-refractivity contribution in [3.63, 3.8) is 0 Å². The standard InChI is InChI=1S/C47H72O8/c1-4-47(54-39-23-19-15-11-7-9-13-17-21-37-52-43-31-25-41(26-32-43)29-35-45(48)50-5-2)55-40-24-20-16-12-8-10-14-18-22-38-53-44-33-27-42(28-34-44)30-36-46(49)51-6-3/h25-36,47H,4-24,37-40H2,1-3H3. The van der Waals surface area contributed by atoms with Crippen molar-refractivity contribution in [3.8, 4) is 11.5 Å². The third kappa shape index (κ3) is 26.8. The monoisotopic (exact) mass is 765 g/mol. The van der Waals surface area contributed by atoms with Crippen LogP contribution in [0.5, 0.6) is 11.5 Å². The van der Waals surface area contributed by atoms with Crippen LogP contribution in [-0.2, 0) is 28.5 Å². The molecule has 2 aromatic rings. The summed E-state index contributed by atoms with van der Waals surface area (Å²) in [6.07, 6.45) is 29.3. The first-order valence-corrected chi connectivity index (χ1v) is 21.4. The van der Waals surface area contributed by atoms with Gasteiger partial charge in [-0.1, -0.05) is 121 Å². The van der Waals surface area contributed by atoms with Crippen LogP contribution in [0.3, 0.4) is 0 Å². The quantitative estimate of drug-likeness (QED) is 0.0297. The Balaban J connectivity index is 1.30. The highest BCUT2D eigenvalue weighted by molar-refractivity contribution is 5.87. The van der Waals surface area contributed by atoms with Gasteiger partial charge in [0.25, 0.3) is 0 Å². The second-order valence-electron chi connectivity index (χ2n) is 13.9. The summed E-state index contributed by atoms with van der Waals surface area (Å²) in [6.45, 7) is 9.56. The van der Waals surface area contributed by atoms with Crippen molar-refractivity contribution in [2.45, 2.75) is 149 Å². The maximum Gasteiger partial charge on any atom is 0.330 e. The van der Waals surface area contributed by atoms with Crippen LogP contribution in [0.25, 0.3) is 12.2 Å². The van der Waals surface area contributed by atoms with E-state index in [4.69, 9.17) is 28.4 Å². The summed E-state index contributed by atoms with van der Waals surface area (Å²) in [6, 6.07) is 15.6. The molecule has 0 radical (unpaired) electrons. The van der Waals surface area contributed by atoms with E-state index in [2.05, 4.69) is 6.92 Å². The van der Waals surface area contributed by atoms with Gasteiger partial charge in [0.05, 0.1) is 26.4 Å². The van der Waals surface area contributed by atoms with Crippen molar-refractivity contribution in [3.05, 3.63) is 71.8 Å². The number of esters is 2. The maximum atomic E-state index is 11.4. The Morgan fingerprint density at radius 1 is 0.455 bits per heavy atom. The summed E-state index contributed by atoms with van der Waals surface area (Å²) < 4.78 is 33.6. The van der Waals surface area contributed by atoms with Gasteiger partial charge in [0, 0.05) is 25.4 Å². The Bertz CT molecular complexity index is 1170. The molecule has 0 atom stereocenters. The molecule has 55 heavy (non-hydrogen) atoms. The number of carbonyl (C=O) groups excluding carboxylic acids is 2. The highest BCUT2D eigenvalue weighted by Crippen LogP contribution is 2.17. The zero-order chi connectivity index (χ0) is 39.4. The molecule has 2 rings (SSSR count). The third-order valence-electron chi connectivity index (χ3n) is 9.21.